The van der Waals surface area contributed by atoms with Crippen LogP contribution in [0.4, 0.5) is 10.1 Å². The number of hydrogen-bond donors (Lipinski definition) is 2. The fourth-order valence-electron chi connectivity index (χ4n) is 3.40. The lowest BCUT2D eigenvalue weighted by atomic mass is 10.00. The number of nitrogens with one attached hydrogen (secondary N) is 2. The number of anilines is 1. The summed E-state index contributed by atoms with van der Waals surface area (Å²) in [6.07, 6.45) is 3.97. The number of benzene rings is 2. The molecule has 0 spiro atoms. The van der Waals surface area contributed by atoms with Gasteiger partial charge < -0.3 is 9.71 Å². The molecule has 0 aliphatic carbocycles. The van der Waals surface area contributed by atoms with E-state index in [0.717, 1.165) is 17.5 Å². The highest BCUT2D eigenvalue weighted by Gasteiger charge is 2.23. The van der Waals surface area contributed by atoms with Crippen LogP contribution in [0.15, 0.2) is 54.9 Å². The molecule has 2 unspecified atom stereocenters. The Kier molecular flexibility index (Phi) is 6.70. The maximum atomic E-state index is 14.8. The van der Waals surface area contributed by atoms with Crippen LogP contribution < -0.4 is 10.0 Å². The summed E-state index contributed by atoms with van der Waals surface area (Å²) in [6.45, 7) is 1.92. The molecule has 0 saturated heterocycles. The average molecular weight is 488 g/mol. The molecule has 0 aliphatic heterocycles. The second-order valence-electron chi connectivity index (χ2n) is 7.19. The minimum absolute atomic E-state index is 0.0914. The van der Waals surface area contributed by atoms with Crippen LogP contribution in [-0.2, 0) is 11.0 Å². The van der Waals surface area contributed by atoms with Gasteiger partial charge in [0.1, 0.15) is 22.5 Å². The smallest absolute Gasteiger partial charge is 0.198 e. The standard InChI is InChI=1S/C23H20ClFN3O2PS/c1-2-9-32(30)28-19-8-7-18(25)20(22(19)31)21(29)17-12-27-23-16(17)10-14(11-26-23)13-3-5-15(24)6-4-13/h3-8,10-12,28H,2,9,31H2,1H3,(H,26,27). The molecule has 0 saturated carbocycles. The zero-order valence-electron chi connectivity index (χ0n) is 17.1. The fraction of sp³-hybridized carbons (Fsp3) is 0.130. The van der Waals surface area contributed by atoms with E-state index in [-0.39, 0.29) is 5.56 Å². The first-order chi connectivity index (χ1) is 15.4. The third-order valence-corrected chi connectivity index (χ3v) is 7.07. The number of nitrogens with zero attached hydrogens (tertiary/aromatic N) is 1. The Morgan fingerprint density at radius 1 is 1.22 bits per heavy atom. The van der Waals surface area contributed by atoms with Crippen molar-refractivity contribution in [2.75, 3.05) is 10.5 Å². The molecule has 0 amide bonds. The second-order valence-corrected chi connectivity index (χ2v) is 9.51. The van der Waals surface area contributed by atoms with Gasteiger partial charge in [0.2, 0.25) is 0 Å². The topological polar surface area (TPSA) is 74.8 Å². The van der Waals surface area contributed by atoms with Crippen molar-refractivity contribution in [3.63, 3.8) is 0 Å². The van der Waals surface area contributed by atoms with Crippen molar-refractivity contribution in [3.8, 4) is 11.1 Å². The number of fused-ring (bicyclic) bond motifs is 1. The summed E-state index contributed by atoms with van der Waals surface area (Å²) in [4.78, 5) is 20.8. The molecule has 0 bridgehead atoms. The lowest BCUT2D eigenvalue weighted by molar-refractivity contribution is 0.103. The minimum atomic E-state index is -1.32. The Hall–Kier alpha value is -2.60. The Morgan fingerprint density at radius 3 is 2.69 bits per heavy atom. The number of aromatic nitrogens is 2. The average Bonchev–Trinajstić information content (AvgIpc) is 3.20. The van der Waals surface area contributed by atoms with E-state index in [2.05, 4.69) is 23.9 Å². The van der Waals surface area contributed by atoms with Crippen LogP contribution in [0, 0.1) is 5.82 Å². The summed E-state index contributed by atoms with van der Waals surface area (Å²) in [6, 6.07) is 11.8. The largest absolute Gasteiger partial charge is 0.345 e. The van der Waals surface area contributed by atoms with Gasteiger partial charge in [-0.1, -0.05) is 30.7 Å². The van der Waals surface area contributed by atoms with Crippen LogP contribution in [0.3, 0.4) is 0 Å². The summed E-state index contributed by atoms with van der Waals surface area (Å²) in [5.41, 5.74) is 2.87. The predicted octanol–water partition coefficient (Wildman–Crippen LogP) is 5.24. The van der Waals surface area contributed by atoms with Gasteiger partial charge in [0.05, 0.1) is 11.3 Å². The Labute approximate surface area is 194 Å². The van der Waals surface area contributed by atoms with E-state index in [0.29, 0.717) is 38.4 Å². The molecule has 4 aromatic rings. The van der Waals surface area contributed by atoms with Gasteiger partial charge in [-0.25, -0.2) is 13.6 Å². The van der Waals surface area contributed by atoms with Crippen molar-refractivity contribution >= 4 is 59.6 Å². The quantitative estimate of drug-likeness (QED) is 0.276. The number of halogens is 2. The monoisotopic (exact) mass is 487 g/mol. The second kappa shape index (κ2) is 9.49. The Morgan fingerprint density at radius 2 is 1.97 bits per heavy atom. The fourth-order valence-corrected chi connectivity index (χ4v) is 4.96. The van der Waals surface area contributed by atoms with Gasteiger partial charge in [-0.05, 0) is 42.3 Å². The number of rotatable bonds is 7. The van der Waals surface area contributed by atoms with Gasteiger partial charge in [-0.3, -0.25) is 4.79 Å². The van der Waals surface area contributed by atoms with Gasteiger partial charge in [0.25, 0.3) is 0 Å². The van der Waals surface area contributed by atoms with Crippen molar-refractivity contribution < 1.29 is 13.4 Å². The Bertz CT molecular complexity index is 1340. The summed E-state index contributed by atoms with van der Waals surface area (Å²) in [5, 5.41) is 1.53. The molecule has 0 fully saturated rings. The van der Waals surface area contributed by atoms with E-state index in [9.17, 15) is 13.4 Å². The lowest BCUT2D eigenvalue weighted by Gasteiger charge is -2.13. The van der Waals surface area contributed by atoms with Crippen LogP contribution in [-0.4, -0.2) is 25.7 Å². The van der Waals surface area contributed by atoms with Crippen molar-refractivity contribution in [3.05, 3.63) is 76.8 Å². The van der Waals surface area contributed by atoms with E-state index >= 15 is 0 Å². The molecule has 2 atom stereocenters. The first-order valence-electron chi connectivity index (χ1n) is 9.89. The highest BCUT2D eigenvalue weighted by atomic mass is 35.5. The normalized spacial score (nSPS) is 12.1. The molecule has 0 radical (unpaired) electrons. The first-order valence-corrected chi connectivity index (χ1v) is 12.2. The van der Waals surface area contributed by atoms with Gasteiger partial charge in [-0.2, -0.15) is 0 Å². The van der Waals surface area contributed by atoms with Gasteiger partial charge >= 0.3 is 0 Å². The highest BCUT2D eigenvalue weighted by Crippen LogP contribution is 2.28. The molecule has 0 aliphatic rings. The third-order valence-electron chi connectivity index (χ3n) is 4.99. The number of aromatic amines is 1. The molecule has 5 nitrogen and oxygen atoms in total. The van der Waals surface area contributed by atoms with Crippen molar-refractivity contribution in [2.24, 2.45) is 0 Å². The van der Waals surface area contributed by atoms with E-state index in [1.165, 1.54) is 18.3 Å². The van der Waals surface area contributed by atoms with Crippen molar-refractivity contribution in [1.29, 1.82) is 0 Å². The van der Waals surface area contributed by atoms with Crippen LogP contribution in [0.25, 0.3) is 22.2 Å². The maximum Gasteiger partial charge on any atom is 0.198 e. The SMILES string of the molecule is CCCS(=O)Nc1ccc(F)c(C(=O)c2c[nH]c3ncc(-c4ccc(Cl)cc4)cc23)c1P. The van der Waals surface area contributed by atoms with Crippen molar-refractivity contribution in [2.45, 2.75) is 13.3 Å². The zero-order valence-corrected chi connectivity index (χ0v) is 19.8. The van der Waals surface area contributed by atoms with Crippen LogP contribution in [0.1, 0.15) is 29.3 Å². The molecule has 4 rings (SSSR count). The minimum Gasteiger partial charge on any atom is -0.345 e. The van der Waals surface area contributed by atoms with Gasteiger partial charge in [0, 0.05) is 45.0 Å². The molecule has 2 aromatic heterocycles. The van der Waals surface area contributed by atoms with E-state index < -0.39 is 22.6 Å². The number of carbonyl (C=O) groups is 1. The third kappa shape index (κ3) is 4.46. The summed E-state index contributed by atoms with van der Waals surface area (Å²) < 4.78 is 29.7. The van der Waals surface area contributed by atoms with Crippen LogP contribution >= 0.6 is 20.8 Å². The Balaban J connectivity index is 1.76. The van der Waals surface area contributed by atoms with Crippen molar-refractivity contribution in [1.82, 2.24) is 9.97 Å². The molecular weight excluding hydrogens is 468 g/mol. The zero-order chi connectivity index (χ0) is 22.8. The molecular formula is C23H20ClFN3O2PS. The summed E-state index contributed by atoms with van der Waals surface area (Å²) in [5.74, 6) is -0.687. The molecule has 2 N–H and O–H groups in total. The molecule has 164 valence electrons. The summed E-state index contributed by atoms with van der Waals surface area (Å²) >= 11 is 5.98. The summed E-state index contributed by atoms with van der Waals surface area (Å²) in [7, 11) is 1.08. The van der Waals surface area contributed by atoms with Gasteiger partial charge in [0.15, 0.2) is 5.78 Å². The van der Waals surface area contributed by atoms with Crippen LogP contribution in [0.2, 0.25) is 5.02 Å². The van der Waals surface area contributed by atoms with Crippen LogP contribution in [0.5, 0.6) is 0 Å². The number of carbonyl (C=O) groups excluding carboxylic acids is 1. The number of H-pyrrole nitrogens is 1. The highest BCUT2D eigenvalue weighted by molar-refractivity contribution is 7.86. The lowest BCUT2D eigenvalue weighted by Crippen LogP contribution is -2.19. The predicted molar refractivity (Wildman–Crippen MR) is 133 cm³/mol. The molecule has 9 heteroatoms. The van der Waals surface area contributed by atoms with E-state index in [4.69, 9.17) is 11.6 Å². The first kappa shape index (κ1) is 22.6. The maximum absolute atomic E-state index is 14.8. The van der Waals surface area contributed by atoms with E-state index in [1.54, 1.807) is 18.3 Å². The van der Waals surface area contributed by atoms with E-state index in [1.807, 2.05) is 25.1 Å². The van der Waals surface area contributed by atoms with Gasteiger partial charge in [-0.15, -0.1) is 9.24 Å². The molecule has 2 aromatic carbocycles. The number of hydrogen-bond acceptors (Lipinski definition) is 3. The number of ketones is 1. The number of pyridine rings is 1. The molecule has 32 heavy (non-hydrogen) atoms. The molecule has 2 heterocycles.